The summed E-state index contributed by atoms with van der Waals surface area (Å²) in [5, 5.41) is 19.9. The molecule has 2 atom stereocenters. The van der Waals surface area contributed by atoms with Gasteiger partial charge in [-0.05, 0) is 61.5 Å². The monoisotopic (exact) mass is 495 g/mol. The number of hydrogen-bond donors (Lipinski definition) is 4. The number of anilines is 2. The minimum Gasteiger partial charge on any atom is -0.382 e. The number of aliphatic hydroxyl groups is 1. The molecule has 188 valence electrons. The number of halogens is 2. The molecule has 0 spiro atoms. The highest BCUT2D eigenvalue weighted by molar-refractivity contribution is 5.80. The number of benzene rings is 1. The Kier molecular flexibility index (Phi) is 6.19. The van der Waals surface area contributed by atoms with Gasteiger partial charge >= 0.3 is 0 Å². The van der Waals surface area contributed by atoms with E-state index in [0.29, 0.717) is 11.3 Å². The molecule has 0 bridgehead atoms. The van der Waals surface area contributed by atoms with Gasteiger partial charge in [0.15, 0.2) is 5.65 Å². The Balaban J connectivity index is 1.58. The highest BCUT2D eigenvalue weighted by Gasteiger charge is 2.40. The van der Waals surface area contributed by atoms with Crippen molar-refractivity contribution in [3.63, 3.8) is 0 Å². The first-order chi connectivity index (χ1) is 17.3. The van der Waals surface area contributed by atoms with Gasteiger partial charge in [-0.1, -0.05) is 12.1 Å². The van der Waals surface area contributed by atoms with Crippen LogP contribution < -0.4 is 21.5 Å². The van der Waals surface area contributed by atoms with Gasteiger partial charge < -0.3 is 21.1 Å². The van der Waals surface area contributed by atoms with Crippen molar-refractivity contribution in [2.75, 3.05) is 11.9 Å². The lowest BCUT2D eigenvalue weighted by Crippen LogP contribution is -2.52. The largest absolute Gasteiger partial charge is 0.382 e. The summed E-state index contributed by atoms with van der Waals surface area (Å²) in [7, 11) is 0. The molecule has 0 amide bonds. The van der Waals surface area contributed by atoms with Crippen LogP contribution in [0.3, 0.4) is 0 Å². The second kappa shape index (κ2) is 9.32. The average Bonchev–Trinajstić information content (AvgIpc) is 3.15. The van der Waals surface area contributed by atoms with Crippen molar-refractivity contribution in [3.05, 3.63) is 76.9 Å². The Morgan fingerprint density at radius 1 is 1.39 bits per heavy atom. The van der Waals surface area contributed by atoms with Crippen molar-refractivity contribution in [1.82, 2.24) is 30.0 Å². The van der Waals surface area contributed by atoms with Gasteiger partial charge in [-0.3, -0.25) is 4.79 Å². The average molecular weight is 496 g/mol. The molecule has 0 fully saturated rings. The van der Waals surface area contributed by atoms with Crippen LogP contribution in [0.15, 0.2) is 60.2 Å². The minimum atomic E-state index is -2.99. The van der Waals surface area contributed by atoms with Crippen molar-refractivity contribution >= 4 is 28.4 Å². The van der Waals surface area contributed by atoms with Crippen molar-refractivity contribution < 1.29 is 13.9 Å². The molecule has 0 saturated carbocycles. The van der Waals surface area contributed by atoms with E-state index < -0.39 is 18.1 Å². The summed E-state index contributed by atoms with van der Waals surface area (Å²) in [6.07, 6.45) is 5.54. The maximum absolute atomic E-state index is 13.5. The first-order valence-electron chi connectivity index (χ1n) is 11.6. The summed E-state index contributed by atoms with van der Waals surface area (Å²) < 4.78 is 29.9. The van der Waals surface area contributed by atoms with Crippen LogP contribution in [-0.4, -0.2) is 49.1 Å². The van der Waals surface area contributed by atoms with Gasteiger partial charge in [-0.15, -0.1) is 6.58 Å². The molecule has 4 heterocycles. The molecule has 2 aliphatic rings. The van der Waals surface area contributed by atoms with Crippen LogP contribution in [-0.2, 0) is 19.5 Å². The van der Waals surface area contributed by atoms with Gasteiger partial charge in [0.1, 0.15) is 11.0 Å². The molecule has 2 unspecified atom stereocenters. The third-order valence-electron chi connectivity index (χ3n) is 6.51. The molecule has 2 aromatic heterocycles. The fraction of sp³-hybridized carbons (Fsp3) is 0.320. The van der Waals surface area contributed by atoms with Gasteiger partial charge in [0.2, 0.25) is 5.95 Å². The number of fused-ring (bicyclic) bond motifs is 2. The van der Waals surface area contributed by atoms with E-state index in [1.165, 1.54) is 39.0 Å². The van der Waals surface area contributed by atoms with E-state index in [9.17, 15) is 18.7 Å². The van der Waals surface area contributed by atoms with Crippen LogP contribution in [0, 0.1) is 0 Å². The van der Waals surface area contributed by atoms with Crippen LogP contribution in [0.2, 0.25) is 0 Å². The first kappa shape index (κ1) is 23.9. The molecule has 2 aliphatic heterocycles. The summed E-state index contributed by atoms with van der Waals surface area (Å²) in [5.74, 6) is 0.283. The maximum atomic E-state index is 13.5. The van der Waals surface area contributed by atoms with E-state index in [4.69, 9.17) is 0 Å². The first-order valence-corrected chi connectivity index (χ1v) is 11.6. The fourth-order valence-electron chi connectivity index (χ4n) is 4.45. The predicted octanol–water partition coefficient (Wildman–Crippen LogP) is 2.51. The van der Waals surface area contributed by atoms with Gasteiger partial charge in [0.05, 0.1) is 18.3 Å². The quantitative estimate of drug-likeness (QED) is 0.373. The smallest absolute Gasteiger partial charge is 0.278 e. The molecule has 9 nitrogen and oxygen atoms in total. The fourth-order valence-corrected chi connectivity index (χ4v) is 4.45. The highest BCUT2D eigenvalue weighted by atomic mass is 19.3. The van der Waals surface area contributed by atoms with E-state index in [0.717, 1.165) is 32.1 Å². The molecule has 5 rings (SSSR count). The van der Waals surface area contributed by atoms with Crippen molar-refractivity contribution in [3.8, 4) is 0 Å². The number of aromatic nitrogens is 4. The van der Waals surface area contributed by atoms with Crippen LogP contribution in [0.1, 0.15) is 18.1 Å². The molecule has 36 heavy (non-hydrogen) atoms. The number of rotatable bonds is 7. The molecule has 0 radical (unpaired) electrons. The zero-order chi connectivity index (χ0) is 25.4. The molecule has 1 aromatic carbocycles. The van der Waals surface area contributed by atoms with E-state index in [2.05, 4.69) is 38.6 Å². The summed E-state index contributed by atoms with van der Waals surface area (Å²) in [6, 6.07) is 4.99. The van der Waals surface area contributed by atoms with Gasteiger partial charge in [0, 0.05) is 18.4 Å². The van der Waals surface area contributed by atoms with Crippen molar-refractivity contribution in [2.24, 2.45) is 0 Å². The van der Waals surface area contributed by atoms with Gasteiger partial charge in [-0.2, -0.15) is 4.98 Å². The lowest BCUT2D eigenvalue weighted by Gasteiger charge is -2.32. The van der Waals surface area contributed by atoms with Gasteiger partial charge in [-0.25, -0.2) is 23.1 Å². The van der Waals surface area contributed by atoms with Gasteiger partial charge in [0.25, 0.3) is 12.0 Å². The molecule has 0 aliphatic carbocycles. The second-order valence-corrected chi connectivity index (χ2v) is 9.05. The lowest BCUT2D eigenvalue weighted by atomic mass is 9.94. The third kappa shape index (κ3) is 4.20. The van der Waals surface area contributed by atoms with Crippen LogP contribution in [0.25, 0.3) is 16.7 Å². The van der Waals surface area contributed by atoms with Crippen molar-refractivity contribution in [2.45, 2.75) is 44.5 Å². The second-order valence-electron chi connectivity index (χ2n) is 9.05. The molecule has 4 N–H and O–H groups in total. The Morgan fingerprint density at radius 3 is 3.00 bits per heavy atom. The highest BCUT2D eigenvalue weighted by Crippen LogP contribution is 2.27. The number of hydrogen-bond acceptors (Lipinski definition) is 7. The zero-order valence-electron chi connectivity index (χ0n) is 19.7. The summed E-state index contributed by atoms with van der Waals surface area (Å²) in [4.78, 5) is 22.1. The van der Waals surface area contributed by atoms with Crippen LogP contribution in [0.4, 0.5) is 20.4 Å². The van der Waals surface area contributed by atoms with E-state index in [-0.39, 0.29) is 23.4 Å². The Bertz CT molecular complexity index is 1440. The summed E-state index contributed by atoms with van der Waals surface area (Å²) in [5.41, 5.74) is 1.33. The predicted molar refractivity (Wildman–Crippen MR) is 134 cm³/mol. The number of alkyl halides is 2. The molecule has 0 saturated heterocycles. The number of allylic oxidation sites excluding steroid dienone is 3. The Hall–Kier alpha value is -3.83. The normalized spacial score (nSPS) is 18.9. The number of nitrogens with zero attached hydrogens (tertiary/aromatic N) is 4. The number of dihydropyridines is 1. The Morgan fingerprint density at radius 2 is 2.22 bits per heavy atom. The number of nitrogens with one attached hydrogen (secondary N) is 3. The third-order valence-corrected chi connectivity index (χ3v) is 6.51. The molecular weight excluding hydrogens is 468 g/mol. The van der Waals surface area contributed by atoms with Crippen molar-refractivity contribution in [1.29, 1.82) is 0 Å². The van der Waals surface area contributed by atoms with Crippen LogP contribution >= 0.6 is 0 Å². The molecular formula is C25H27F2N7O2. The summed E-state index contributed by atoms with van der Waals surface area (Å²) in [6.45, 7) is 6.68. The van der Waals surface area contributed by atoms with E-state index >= 15 is 0 Å². The Labute approximate surface area is 205 Å². The SMILES string of the molecule is C=CCn1c(=O)c2cnc(Nc3ccc4c(c3)CNCC4)nc2n1C1=CC(C(C)(O)C(F)F)NC=C1. The summed E-state index contributed by atoms with van der Waals surface area (Å²) >= 11 is 0. The topological polar surface area (TPSA) is 109 Å². The van der Waals surface area contributed by atoms with Crippen LogP contribution in [0.5, 0.6) is 0 Å². The molecule has 11 heteroatoms. The lowest BCUT2D eigenvalue weighted by molar-refractivity contribution is -0.0940. The standard InChI is InChI=1S/C25H27F2N7O2/c1-3-10-33-22(35)19-14-30-24(31-17-5-4-15-6-8-28-13-16(15)11-17)32-21(19)34(33)18-7-9-29-20(12-18)25(2,36)23(26)27/h3-5,7,9,11-12,14,20,23,28-29,36H,1,6,8,10,13H2,2H3,(H,30,31,32). The maximum Gasteiger partial charge on any atom is 0.278 e. The minimum absolute atomic E-state index is 0.157. The zero-order valence-corrected chi connectivity index (χ0v) is 19.7. The molecule has 3 aromatic rings. The van der Waals surface area contributed by atoms with E-state index in [1.54, 1.807) is 12.2 Å². The van der Waals surface area contributed by atoms with E-state index in [1.807, 2.05) is 12.1 Å².